The minimum absolute atomic E-state index is 0.190. The summed E-state index contributed by atoms with van der Waals surface area (Å²) < 4.78 is 11.5. The zero-order valence-electron chi connectivity index (χ0n) is 16.6. The predicted molar refractivity (Wildman–Crippen MR) is 125 cm³/mol. The van der Waals surface area contributed by atoms with E-state index >= 15 is 0 Å². The van der Waals surface area contributed by atoms with Crippen LogP contribution in [0.2, 0.25) is 10.0 Å². The number of nitrogens with zero attached hydrogens (tertiary/aromatic N) is 1. The van der Waals surface area contributed by atoms with E-state index in [1.54, 1.807) is 37.5 Å². The number of fused-ring (bicyclic) bond motifs is 1. The maximum Gasteiger partial charge on any atom is 0.259 e. The van der Waals surface area contributed by atoms with Crippen LogP contribution in [0.15, 0.2) is 65.5 Å². The summed E-state index contributed by atoms with van der Waals surface area (Å²) in [6, 6.07) is 18.0. The van der Waals surface area contributed by atoms with Gasteiger partial charge in [-0.2, -0.15) is 0 Å². The smallest absolute Gasteiger partial charge is 0.259 e. The lowest BCUT2D eigenvalue weighted by Crippen LogP contribution is -2.09. The number of methoxy groups -OCH3 is 1. The van der Waals surface area contributed by atoms with Gasteiger partial charge in [0.25, 0.3) is 5.56 Å². The maximum absolute atomic E-state index is 12.3. The minimum Gasteiger partial charge on any atom is -0.493 e. The monoisotopic (exact) mass is 452 g/mol. The van der Waals surface area contributed by atoms with E-state index in [1.165, 1.54) is 0 Å². The molecule has 7 heteroatoms. The molecule has 0 amide bonds. The lowest BCUT2D eigenvalue weighted by molar-refractivity contribution is 0.284. The van der Waals surface area contributed by atoms with Crippen molar-refractivity contribution in [3.8, 4) is 11.5 Å². The molecule has 1 N–H and O–H groups in total. The van der Waals surface area contributed by atoms with Gasteiger partial charge in [-0.3, -0.25) is 4.79 Å². The van der Waals surface area contributed by atoms with Crippen LogP contribution in [0, 0.1) is 0 Å². The molecule has 0 aliphatic rings. The van der Waals surface area contributed by atoms with Gasteiger partial charge in [0, 0.05) is 21.2 Å². The Balaban J connectivity index is 1.65. The molecule has 156 valence electrons. The van der Waals surface area contributed by atoms with E-state index in [4.69, 9.17) is 32.7 Å². The number of hydrogen-bond acceptors (Lipinski definition) is 4. The molecule has 0 bridgehead atoms. The van der Waals surface area contributed by atoms with Crippen molar-refractivity contribution < 1.29 is 9.47 Å². The molecule has 5 nitrogen and oxygen atoms in total. The molecule has 4 rings (SSSR count). The molecule has 0 unspecified atom stereocenters. The Labute approximate surface area is 188 Å². The number of para-hydroxylation sites is 2. The number of aromatic amines is 1. The lowest BCUT2D eigenvalue weighted by atomic mass is 10.1. The summed E-state index contributed by atoms with van der Waals surface area (Å²) in [7, 11) is 1.58. The molecule has 0 spiro atoms. The number of hydrogen-bond donors (Lipinski definition) is 1. The van der Waals surface area contributed by atoms with Gasteiger partial charge in [-0.15, -0.1) is 0 Å². The van der Waals surface area contributed by atoms with E-state index < -0.39 is 0 Å². The van der Waals surface area contributed by atoms with E-state index in [-0.39, 0.29) is 12.2 Å². The van der Waals surface area contributed by atoms with Crippen molar-refractivity contribution in [1.29, 1.82) is 0 Å². The van der Waals surface area contributed by atoms with Crippen molar-refractivity contribution in [3.05, 3.63) is 98.0 Å². The van der Waals surface area contributed by atoms with Crippen LogP contribution in [0.25, 0.3) is 23.1 Å². The van der Waals surface area contributed by atoms with Gasteiger partial charge in [-0.1, -0.05) is 53.5 Å². The number of aromatic nitrogens is 2. The Kier molecular flexibility index (Phi) is 6.26. The number of H-pyrrole nitrogens is 1. The van der Waals surface area contributed by atoms with Gasteiger partial charge in [0.05, 0.1) is 18.0 Å². The minimum atomic E-state index is -0.190. The van der Waals surface area contributed by atoms with E-state index in [0.717, 1.165) is 11.1 Å². The van der Waals surface area contributed by atoms with Gasteiger partial charge in [0.15, 0.2) is 11.5 Å². The summed E-state index contributed by atoms with van der Waals surface area (Å²) in [6.07, 6.45) is 3.54. The maximum atomic E-state index is 12.3. The van der Waals surface area contributed by atoms with Gasteiger partial charge in [-0.05, 0) is 42.5 Å². The van der Waals surface area contributed by atoms with Crippen LogP contribution in [-0.4, -0.2) is 17.1 Å². The fourth-order valence-electron chi connectivity index (χ4n) is 3.12. The zero-order chi connectivity index (χ0) is 21.8. The van der Waals surface area contributed by atoms with Crippen LogP contribution in [0.3, 0.4) is 0 Å². The highest BCUT2D eigenvalue weighted by atomic mass is 35.5. The number of halogens is 2. The van der Waals surface area contributed by atoms with Crippen LogP contribution in [0.1, 0.15) is 17.0 Å². The van der Waals surface area contributed by atoms with Crippen molar-refractivity contribution in [1.82, 2.24) is 9.97 Å². The molecule has 0 aliphatic carbocycles. The van der Waals surface area contributed by atoms with Gasteiger partial charge in [0.1, 0.15) is 12.4 Å². The summed E-state index contributed by atoms with van der Waals surface area (Å²) in [5.41, 5.74) is 2.00. The first-order valence-electron chi connectivity index (χ1n) is 9.46. The summed E-state index contributed by atoms with van der Waals surface area (Å²) in [5, 5.41) is 1.63. The second-order valence-corrected chi connectivity index (χ2v) is 7.55. The molecule has 0 atom stereocenters. The highest BCUT2D eigenvalue weighted by Gasteiger charge is 2.11. The van der Waals surface area contributed by atoms with E-state index in [2.05, 4.69) is 9.97 Å². The second-order valence-electron chi connectivity index (χ2n) is 6.70. The van der Waals surface area contributed by atoms with Crippen LogP contribution >= 0.6 is 23.2 Å². The SMILES string of the molecule is COc1cccc(C=Cc2nc3ccccc3c(=O)[nH]2)c1OCc1ccc(Cl)cc1Cl. The van der Waals surface area contributed by atoms with Crippen molar-refractivity contribution >= 4 is 46.3 Å². The third-order valence-electron chi connectivity index (χ3n) is 4.67. The van der Waals surface area contributed by atoms with Gasteiger partial charge in [-0.25, -0.2) is 4.98 Å². The first kappa shape index (κ1) is 21.0. The second kappa shape index (κ2) is 9.25. The van der Waals surface area contributed by atoms with Crippen LogP contribution in [0.4, 0.5) is 0 Å². The van der Waals surface area contributed by atoms with Gasteiger partial charge >= 0.3 is 0 Å². The Morgan fingerprint density at radius 3 is 2.68 bits per heavy atom. The normalized spacial score (nSPS) is 11.2. The Morgan fingerprint density at radius 1 is 1.03 bits per heavy atom. The van der Waals surface area contributed by atoms with E-state index in [0.29, 0.717) is 38.3 Å². The molecule has 1 heterocycles. The van der Waals surface area contributed by atoms with Crippen LogP contribution in [-0.2, 0) is 6.61 Å². The summed E-state index contributed by atoms with van der Waals surface area (Å²) in [6.45, 7) is 0.238. The zero-order valence-corrected chi connectivity index (χ0v) is 18.1. The van der Waals surface area contributed by atoms with Crippen molar-refractivity contribution in [3.63, 3.8) is 0 Å². The molecule has 0 aliphatic heterocycles. The molecule has 1 aromatic heterocycles. The fraction of sp³-hybridized carbons (Fsp3) is 0.0833. The van der Waals surface area contributed by atoms with E-state index in [9.17, 15) is 4.79 Å². The molecular weight excluding hydrogens is 435 g/mol. The molecule has 0 radical (unpaired) electrons. The Bertz CT molecular complexity index is 1330. The standard InChI is InChI=1S/C24H18Cl2N2O3/c1-30-21-8-4-5-15(23(21)31-14-16-9-11-17(25)13-19(16)26)10-12-22-27-20-7-3-2-6-18(20)24(29)28-22/h2-13H,14H2,1H3,(H,27,28,29). The predicted octanol–water partition coefficient (Wildman–Crippen LogP) is 5.99. The quantitative estimate of drug-likeness (QED) is 0.390. The van der Waals surface area contributed by atoms with Gasteiger partial charge in [0.2, 0.25) is 0 Å². The molecule has 4 aromatic rings. The summed E-state index contributed by atoms with van der Waals surface area (Å²) in [4.78, 5) is 19.6. The number of benzene rings is 3. The van der Waals surface area contributed by atoms with Crippen LogP contribution in [0.5, 0.6) is 11.5 Å². The topological polar surface area (TPSA) is 64.2 Å². The largest absolute Gasteiger partial charge is 0.493 e. The number of rotatable bonds is 6. The third-order valence-corrected chi connectivity index (χ3v) is 5.26. The molecule has 3 aromatic carbocycles. The van der Waals surface area contributed by atoms with Crippen molar-refractivity contribution in [2.75, 3.05) is 7.11 Å². The molecule has 0 saturated heterocycles. The average molecular weight is 453 g/mol. The number of nitrogens with one attached hydrogen (secondary N) is 1. The van der Waals surface area contributed by atoms with E-state index in [1.807, 2.05) is 42.5 Å². The van der Waals surface area contributed by atoms with Crippen LogP contribution < -0.4 is 15.0 Å². The summed E-state index contributed by atoms with van der Waals surface area (Å²) >= 11 is 12.2. The average Bonchev–Trinajstić information content (AvgIpc) is 2.77. The highest BCUT2D eigenvalue weighted by Crippen LogP contribution is 2.34. The van der Waals surface area contributed by atoms with Gasteiger partial charge < -0.3 is 14.5 Å². The lowest BCUT2D eigenvalue weighted by Gasteiger charge is -2.14. The summed E-state index contributed by atoms with van der Waals surface area (Å²) in [5.74, 6) is 1.57. The first-order valence-corrected chi connectivity index (χ1v) is 10.2. The Morgan fingerprint density at radius 2 is 1.87 bits per heavy atom. The fourth-order valence-corrected chi connectivity index (χ4v) is 3.58. The first-order chi connectivity index (χ1) is 15.0. The van der Waals surface area contributed by atoms with Crippen molar-refractivity contribution in [2.45, 2.75) is 6.61 Å². The molecular formula is C24H18Cl2N2O3. The Hall–Kier alpha value is -3.28. The molecule has 31 heavy (non-hydrogen) atoms. The highest BCUT2D eigenvalue weighted by molar-refractivity contribution is 6.35. The van der Waals surface area contributed by atoms with Crippen molar-refractivity contribution in [2.24, 2.45) is 0 Å². The third kappa shape index (κ3) is 4.74. The number of ether oxygens (including phenoxy) is 2. The molecule has 0 fully saturated rings. The molecule has 0 saturated carbocycles.